The lowest BCUT2D eigenvalue weighted by Gasteiger charge is -2.26. The van der Waals surface area contributed by atoms with E-state index in [1.165, 1.54) is 0 Å². The topological polar surface area (TPSA) is 90.5 Å². The third kappa shape index (κ3) is 6.72. The molecule has 1 fully saturated rings. The molecule has 0 aromatic heterocycles. The van der Waals surface area contributed by atoms with Crippen molar-refractivity contribution in [3.63, 3.8) is 0 Å². The summed E-state index contributed by atoms with van der Waals surface area (Å²) >= 11 is 0. The van der Waals surface area contributed by atoms with Crippen LogP contribution in [0.25, 0.3) is 0 Å². The first-order valence-electron chi connectivity index (χ1n) is 12.4. The number of nitrogens with one attached hydrogen (secondary N) is 3. The summed E-state index contributed by atoms with van der Waals surface area (Å²) < 4.78 is 0. The summed E-state index contributed by atoms with van der Waals surface area (Å²) in [5.74, 6) is -0.430. The van der Waals surface area contributed by atoms with E-state index in [1.807, 2.05) is 48.2 Å². The monoisotopic (exact) mass is 484 g/mol. The van der Waals surface area contributed by atoms with Crippen LogP contribution < -0.4 is 16.0 Å². The summed E-state index contributed by atoms with van der Waals surface area (Å²) in [6.07, 6.45) is 3.22. The molecule has 1 aliphatic heterocycles. The summed E-state index contributed by atoms with van der Waals surface area (Å²) in [6, 6.07) is 23.7. The number of benzene rings is 3. The van der Waals surface area contributed by atoms with Crippen LogP contribution in [0.15, 0.2) is 78.9 Å². The van der Waals surface area contributed by atoms with E-state index in [0.717, 1.165) is 37.9 Å². The molecule has 3 N–H and O–H groups in total. The van der Waals surface area contributed by atoms with Crippen molar-refractivity contribution in [3.05, 3.63) is 95.6 Å². The zero-order valence-electron chi connectivity index (χ0n) is 20.5. The third-order valence-corrected chi connectivity index (χ3v) is 6.26. The Hall–Kier alpha value is -4.13. The van der Waals surface area contributed by atoms with Gasteiger partial charge in [0, 0.05) is 35.6 Å². The number of hydrogen-bond acceptors (Lipinski definition) is 4. The zero-order valence-corrected chi connectivity index (χ0v) is 20.5. The summed E-state index contributed by atoms with van der Waals surface area (Å²) in [7, 11) is 0. The lowest BCUT2D eigenvalue weighted by atomic mass is 10.1. The van der Waals surface area contributed by atoms with E-state index in [-0.39, 0.29) is 30.3 Å². The van der Waals surface area contributed by atoms with Gasteiger partial charge in [-0.3, -0.25) is 14.4 Å². The second kappa shape index (κ2) is 12.0. The van der Waals surface area contributed by atoms with Crippen molar-refractivity contribution in [2.45, 2.75) is 32.2 Å². The maximum absolute atomic E-state index is 12.8. The fraction of sp³-hybridized carbons (Fsp3) is 0.276. The molecule has 7 nitrogen and oxygen atoms in total. The third-order valence-electron chi connectivity index (χ3n) is 6.26. The van der Waals surface area contributed by atoms with Crippen LogP contribution >= 0.6 is 0 Å². The Balaban J connectivity index is 1.30. The van der Waals surface area contributed by atoms with Gasteiger partial charge in [-0.2, -0.15) is 0 Å². The van der Waals surface area contributed by atoms with Gasteiger partial charge in [0.2, 0.25) is 5.91 Å². The highest BCUT2D eigenvalue weighted by Gasteiger charge is 2.18. The van der Waals surface area contributed by atoms with Gasteiger partial charge in [0.15, 0.2) is 0 Å². The van der Waals surface area contributed by atoms with Gasteiger partial charge < -0.3 is 20.9 Å². The number of carbonyl (C=O) groups is 3. The molecule has 1 heterocycles. The number of nitrogens with zero attached hydrogens (tertiary/aromatic N) is 1. The SMILES string of the molecule is CC(NC(=O)c1cccc(NCC(=O)Nc2cccc(C(=O)N3CCCCC3)c2)c1)c1ccccc1. The molecule has 0 aliphatic carbocycles. The van der Waals surface area contributed by atoms with Crippen molar-refractivity contribution in [1.82, 2.24) is 10.2 Å². The molecule has 3 amide bonds. The van der Waals surface area contributed by atoms with Crippen LogP contribution in [0.5, 0.6) is 0 Å². The molecule has 3 aromatic rings. The van der Waals surface area contributed by atoms with Gasteiger partial charge in [0.05, 0.1) is 12.6 Å². The molecule has 0 saturated carbocycles. The first-order valence-corrected chi connectivity index (χ1v) is 12.4. The fourth-order valence-corrected chi connectivity index (χ4v) is 4.27. The second-order valence-electron chi connectivity index (χ2n) is 9.02. The van der Waals surface area contributed by atoms with Gasteiger partial charge in [0.25, 0.3) is 11.8 Å². The van der Waals surface area contributed by atoms with Crippen molar-refractivity contribution >= 4 is 29.1 Å². The minimum Gasteiger partial charge on any atom is -0.376 e. The van der Waals surface area contributed by atoms with E-state index in [9.17, 15) is 14.4 Å². The molecule has 4 rings (SSSR count). The van der Waals surface area contributed by atoms with Gasteiger partial charge in [-0.25, -0.2) is 0 Å². The quantitative estimate of drug-likeness (QED) is 0.426. The minimum atomic E-state index is -0.245. The average Bonchev–Trinajstić information content (AvgIpc) is 2.92. The van der Waals surface area contributed by atoms with Crippen LogP contribution in [0.3, 0.4) is 0 Å². The Morgan fingerprint density at radius 2 is 1.47 bits per heavy atom. The van der Waals surface area contributed by atoms with Crippen molar-refractivity contribution < 1.29 is 14.4 Å². The number of amides is 3. The molecule has 7 heteroatoms. The molecular weight excluding hydrogens is 452 g/mol. The van der Waals surface area contributed by atoms with Crippen LogP contribution in [0, 0.1) is 0 Å². The predicted octanol–water partition coefficient (Wildman–Crippen LogP) is 4.85. The number of likely N-dealkylation sites (tertiary alicyclic amines) is 1. The largest absolute Gasteiger partial charge is 0.376 e. The predicted molar refractivity (Wildman–Crippen MR) is 142 cm³/mol. The molecule has 3 aromatic carbocycles. The number of anilines is 2. The molecule has 1 saturated heterocycles. The molecule has 1 atom stereocenters. The van der Waals surface area contributed by atoms with Crippen LogP contribution in [-0.2, 0) is 4.79 Å². The van der Waals surface area contributed by atoms with Gasteiger partial charge in [-0.1, -0.05) is 42.5 Å². The maximum atomic E-state index is 12.8. The lowest BCUT2D eigenvalue weighted by molar-refractivity contribution is -0.114. The zero-order chi connectivity index (χ0) is 25.3. The molecule has 1 unspecified atom stereocenters. The fourth-order valence-electron chi connectivity index (χ4n) is 4.27. The second-order valence-corrected chi connectivity index (χ2v) is 9.02. The van der Waals surface area contributed by atoms with Crippen molar-refractivity contribution in [1.29, 1.82) is 0 Å². The molecule has 0 bridgehead atoms. The first-order chi connectivity index (χ1) is 17.5. The number of carbonyl (C=O) groups excluding carboxylic acids is 3. The Morgan fingerprint density at radius 3 is 2.22 bits per heavy atom. The standard InChI is InChI=1S/C29H32N4O3/c1-21(22-10-4-2-5-11-22)31-28(35)23-12-8-14-25(18-23)30-20-27(34)32-26-15-9-13-24(19-26)29(36)33-16-6-3-7-17-33/h2,4-5,8-15,18-19,21,30H,3,6-7,16-17,20H2,1H3,(H,31,35)(H,32,34). The Bertz CT molecular complexity index is 1210. The van der Waals surface area contributed by atoms with Gasteiger partial charge in [-0.05, 0) is 68.1 Å². The molecule has 36 heavy (non-hydrogen) atoms. The highest BCUT2D eigenvalue weighted by Crippen LogP contribution is 2.17. The molecule has 0 radical (unpaired) electrons. The highest BCUT2D eigenvalue weighted by atomic mass is 16.2. The van der Waals surface area contributed by atoms with Gasteiger partial charge >= 0.3 is 0 Å². The van der Waals surface area contributed by atoms with E-state index in [1.54, 1.807) is 42.5 Å². The Morgan fingerprint density at radius 1 is 0.806 bits per heavy atom. The van der Waals surface area contributed by atoms with Gasteiger partial charge in [-0.15, -0.1) is 0 Å². The normalized spacial score (nSPS) is 14.0. The average molecular weight is 485 g/mol. The van der Waals surface area contributed by atoms with Crippen molar-refractivity contribution in [2.75, 3.05) is 30.3 Å². The van der Waals surface area contributed by atoms with E-state index in [0.29, 0.717) is 22.5 Å². The summed E-state index contributed by atoms with van der Waals surface area (Å²) in [5, 5.41) is 8.91. The number of rotatable bonds is 8. The van der Waals surface area contributed by atoms with Crippen molar-refractivity contribution in [3.8, 4) is 0 Å². The van der Waals surface area contributed by atoms with Crippen LogP contribution in [0.2, 0.25) is 0 Å². The summed E-state index contributed by atoms with van der Waals surface area (Å²) in [5.41, 5.74) is 3.35. The molecule has 0 spiro atoms. The summed E-state index contributed by atoms with van der Waals surface area (Å²) in [6.45, 7) is 3.52. The summed E-state index contributed by atoms with van der Waals surface area (Å²) in [4.78, 5) is 39.9. The van der Waals surface area contributed by atoms with Gasteiger partial charge in [0.1, 0.15) is 0 Å². The minimum absolute atomic E-state index is 0.000554. The Kier molecular flexibility index (Phi) is 8.34. The van der Waals surface area contributed by atoms with E-state index in [4.69, 9.17) is 0 Å². The van der Waals surface area contributed by atoms with Crippen molar-refractivity contribution in [2.24, 2.45) is 0 Å². The highest BCUT2D eigenvalue weighted by molar-refractivity contribution is 5.98. The smallest absolute Gasteiger partial charge is 0.253 e. The Labute approximate surface area is 211 Å². The van der Waals surface area contributed by atoms with E-state index >= 15 is 0 Å². The molecule has 186 valence electrons. The first kappa shape index (κ1) is 25.0. The van der Waals surface area contributed by atoms with Crippen LogP contribution in [0.4, 0.5) is 11.4 Å². The van der Waals surface area contributed by atoms with Crippen LogP contribution in [-0.4, -0.2) is 42.3 Å². The van der Waals surface area contributed by atoms with Crippen LogP contribution in [0.1, 0.15) is 58.5 Å². The van der Waals surface area contributed by atoms with E-state index < -0.39 is 0 Å². The molecule has 1 aliphatic rings. The number of piperidine rings is 1. The number of hydrogen-bond donors (Lipinski definition) is 3. The lowest BCUT2D eigenvalue weighted by Crippen LogP contribution is -2.35. The molecular formula is C29H32N4O3. The van der Waals surface area contributed by atoms with E-state index in [2.05, 4.69) is 16.0 Å². The maximum Gasteiger partial charge on any atom is 0.253 e.